The lowest BCUT2D eigenvalue weighted by Crippen LogP contribution is -2.16. The fourth-order valence-electron chi connectivity index (χ4n) is 1.93. The average molecular weight is 215 g/mol. The van der Waals surface area contributed by atoms with E-state index in [2.05, 4.69) is 51.7 Å². The van der Waals surface area contributed by atoms with Crippen LogP contribution in [0.4, 0.5) is 0 Å². The molecule has 0 aliphatic carbocycles. The van der Waals surface area contributed by atoms with Crippen LogP contribution in [0, 0.1) is 32.6 Å². The average Bonchev–Trinajstić information content (AvgIpc) is 2.16. The van der Waals surface area contributed by atoms with E-state index in [4.69, 9.17) is 5.73 Å². The molecule has 1 heteroatoms. The Labute approximate surface area is 99.1 Å². The van der Waals surface area contributed by atoms with Gasteiger partial charge in [0.15, 0.2) is 0 Å². The quantitative estimate of drug-likeness (QED) is 0.754. The molecule has 0 radical (unpaired) electrons. The third-order valence-corrected chi connectivity index (χ3v) is 2.66. The van der Waals surface area contributed by atoms with Crippen LogP contribution in [0.5, 0.6) is 0 Å². The molecule has 0 aromatic heterocycles. The molecule has 0 aliphatic rings. The van der Waals surface area contributed by atoms with Gasteiger partial charge in [-0.15, -0.1) is 0 Å². The maximum atomic E-state index is 5.89. The van der Waals surface area contributed by atoms with E-state index in [9.17, 15) is 0 Å². The summed E-state index contributed by atoms with van der Waals surface area (Å²) in [6.07, 6.45) is 2.05. The second-order valence-corrected chi connectivity index (χ2v) is 4.44. The zero-order chi connectivity index (χ0) is 12.1. The van der Waals surface area contributed by atoms with Crippen LogP contribution < -0.4 is 5.73 Å². The molecule has 1 aromatic rings. The van der Waals surface area contributed by atoms with E-state index >= 15 is 0 Å². The minimum absolute atomic E-state index is 0.00473. The number of hydrogen-bond donors (Lipinski definition) is 1. The van der Waals surface area contributed by atoms with Crippen molar-refractivity contribution in [1.82, 2.24) is 0 Å². The molecule has 0 amide bonds. The SMILES string of the molecule is CCCC(N)C#Cc1c(C)cc(C)cc1C. The fourth-order valence-corrected chi connectivity index (χ4v) is 1.93. The fraction of sp³-hybridized carbons (Fsp3) is 0.467. The molecule has 0 aliphatic heterocycles. The first-order chi connectivity index (χ1) is 7.54. The van der Waals surface area contributed by atoms with E-state index in [0.29, 0.717) is 0 Å². The van der Waals surface area contributed by atoms with Gasteiger partial charge in [-0.05, 0) is 38.3 Å². The van der Waals surface area contributed by atoms with Crippen LogP contribution in [-0.4, -0.2) is 6.04 Å². The van der Waals surface area contributed by atoms with Gasteiger partial charge in [0, 0.05) is 5.56 Å². The van der Waals surface area contributed by atoms with E-state index < -0.39 is 0 Å². The molecule has 0 heterocycles. The minimum atomic E-state index is 0.00473. The normalized spacial score (nSPS) is 11.8. The molecule has 16 heavy (non-hydrogen) atoms. The molecule has 1 aromatic carbocycles. The van der Waals surface area contributed by atoms with Gasteiger partial charge in [0.25, 0.3) is 0 Å². The Morgan fingerprint density at radius 2 is 1.75 bits per heavy atom. The van der Waals surface area contributed by atoms with Crippen molar-refractivity contribution in [2.24, 2.45) is 5.73 Å². The van der Waals surface area contributed by atoms with Crippen LogP contribution >= 0.6 is 0 Å². The smallest absolute Gasteiger partial charge is 0.0668 e. The zero-order valence-electron chi connectivity index (χ0n) is 10.7. The topological polar surface area (TPSA) is 26.0 Å². The Morgan fingerprint density at radius 1 is 1.19 bits per heavy atom. The molecule has 0 saturated carbocycles. The second kappa shape index (κ2) is 5.72. The van der Waals surface area contributed by atoms with E-state index in [1.807, 2.05) is 0 Å². The van der Waals surface area contributed by atoms with Crippen molar-refractivity contribution < 1.29 is 0 Å². The van der Waals surface area contributed by atoms with Crippen molar-refractivity contribution in [1.29, 1.82) is 0 Å². The van der Waals surface area contributed by atoms with Gasteiger partial charge in [-0.2, -0.15) is 0 Å². The van der Waals surface area contributed by atoms with Crippen molar-refractivity contribution in [2.75, 3.05) is 0 Å². The maximum absolute atomic E-state index is 5.89. The summed E-state index contributed by atoms with van der Waals surface area (Å²) in [5.74, 6) is 6.35. The highest BCUT2D eigenvalue weighted by atomic mass is 14.6. The van der Waals surface area contributed by atoms with Gasteiger partial charge in [-0.3, -0.25) is 0 Å². The van der Waals surface area contributed by atoms with E-state index in [0.717, 1.165) is 18.4 Å². The summed E-state index contributed by atoms with van der Waals surface area (Å²) in [6.45, 7) is 8.45. The summed E-state index contributed by atoms with van der Waals surface area (Å²) in [4.78, 5) is 0. The second-order valence-electron chi connectivity index (χ2n) is 4.44. The predicted molar refractivity (Wildman–Crippen MR) is 70.4 cm³/mol. The molecule has 0 bridgehead atoms. The lowest BCUT2D eigenvalue weighted by atomic mass is 10.00. The van der Waals surface area contributed by atoms with E-state index in [1.165, 1.54) is 16.7 Å². The van der Waals surface area contributed by atoms with Crippen LogP contribution in [0.25, 0.3) is 0 Å². The number of nitrogens with two attached hydrogens (primary N) is 1. The molecule has 1 unspecified atom stereocenters. The van der Waals surface area contributed by atoms with Crippen LogP contribution in [0.15, 0.2) is 12.1 Å². The number of hydrogen-bond acceptors (Lipinski definition) is 1. The third kappa shape index (κ3) is 3.40. The Hall–Kier alpha value is -1.26. The molecule has 86 valence electrons. The summed E-state index contributed by atoms with van der Waals surface area (Å²) in [5, 5.41) is 0. The standard InChI is InChI=1S/C15H21N/c1-5-6-14(16)7-8-15-12(3)9-11(2)10-13(15)4/h9-10,14H,5-6,16H2,1-4H3. The van der Waals surface area contributed by atoms with Crippen molar-refractivity contribution in [2.45, 2.75) is 46.6 Å². The lowest BCUT2D eigenvalue weighted by molar-refractivity contribution is 0.720. The van der Waals surface area contributed by atoms with Crippen LogP contribution in [-0.2, 0) is 0 Å². The van der Waals surface area contributed by atoms with Crippen molar-refractivity contribution in [3.8, 4) is 11.8 Å². The summed E-state index contributed by atoms with van der Waals surface area (Å²) >= 11 is 0. The molecule has 0 fully saturated rings. The highest BCUT2D eigenvalue weighted by molar-refractivity contribution is 5.48. The minimum Gasteiger partial charge on any atom is -0.318 e. The molecular formula is C15H21N. The maximum Gasteiger partial charge on any atom is 0.0668 e. The highest BCUT2D eigenvalue weighted by Crippen LogP contribution is 2.14. The Kier molecular flexibility index (Phi) is 4.58. The number of aryl methyl sites for hydroxylation is 3. The lowest BCUT2D eigenvalue weighted by Gasteiger charge is -2.05. The first-order valence-corrected chi connectivity index (χ1v) is 5.89. The Morgan fingerprint density at radius 3 is 2.25 bits per heavy atom. The van der Waals surface area contributed by atoms with Gasteiger partial charge in [-0.1, -0.05) is 42.9 Å². The van der Waals surface area contributed by atoms with Gasteiger partial charge in [0.1, 0.15) is 0 Å². The zero-order valence-corrected chi connectivity index (χ0v) is 10.7. The summed E-state index contributed by atoms with van der Waals surface area (Å²) in [7, 11) is 0. The summed E-state index contributed by atoms with van der Waals surface area (Å²) < 4.78 is 0. The van der Waals surface area contributed by atoms with Crippen molar-refractivity contribution >= 4 is 0 Å². The Bertz CT molecular complexity index is 398. The molecule has 1 atom stereocenters. The van der Waals surface area contributed by atoms with Crippen LogP contribution in [0.2, 0.25) is 0 Å². The molecule has 0 spiro atoms. The van der Waals surface area contributed by atoms with Gasteiger partial charge in [0.05, 0.1) is 6.04 Å². The predicted octanol–water partition coefficient (Wildman–Crippen LogP) is 3.09. The Balaban J connectivity index is 2.97. The molecular weight excluding hydrogens is 194 g/mol. The number of benzene rings is 1. The number of rotatable bonds is 2. The van der Waals surface area contributed by atoms with Gasteiger partial charge in [0.2, 0.25) is 0 Å². The third-order valence-electron chi connectivity index (χ3n) is 2.66. The molecule has 0 saturated heterocycles. The molecule has 1 nitrogen and oxygen atoms in total. The van der Waals surface area contributed by atoms with Crippen molar-refractivity contribution in [3.05, 3.63) is 34.4 Å². The largest absolute Gasteiger partial charge is 0.318 e. The van der Waals surface area contributed by atoms with Crippen molar-refractivity contribution in [3.63, 3.8) is 0 Å². The molecule has 2 N–H and O–H groups in total. The van der Waals surface area contributed by atoms with E-state index in [-0.39, 0.29) is 6.04 Å². The van der Waals surface area contributed by atoms with E-state index in [1.54, 1.807) is 0 Å². The monoisotopic (exact) mass is 215 g/mol. The molecule has 1 rings (SSSR count). The first-order valence-electron chi connectivity index (χ1n) is 5.89. The van der Waals surface area contributed by atoms with Gasteiger partial charge < -0.3 is 5.73 Å². The van der Waals surface area contributed by atoms with Gasteiger partial charge in [-0.25, -0.2) is 0 Å². The van der Waals surface area contributed by atoms with Crippen LogP contribution in [0.1, 0.15) is 42.0 Å². The first kappa shape index (κ1) is 12.8. The summed E-state index contributed by atoms with van der Waals surface area (Å²) in [6, 6.07) is 4.34. The summed E-state index contributed by atoms with van der Waals surface area (Å²) in [5.41, 5.74) is 10.8. The van der Waals surface area contributed by atoms with Crippen LogP contribution in [0.3, 0.4) is 0 Å². The van der Waals surface area contributed by atoms with Gasteiger partial charge >= 0.3 is 0 Å². The highest BCUT2D eigenvalue weighted by Gasteiger charge is 2.01.